The molecular weight excluding hydrogens is 536 g/mol. The van der Waals surface area contributed by atoms with Gasteiger partial charge >= 0.3 is 6.03 Å². The Kier molecular flexibility index (Phi) is 9.24. The zero-order chi connectivity index (χ0) is 29.0. The van der Waals surface area contributed by atoms with Crippen LogP contribution in [0.3, 0.4) is 0 Å². The molecule has 40 heavy (non-hydrogen) atoms. The smallest absolute Gasteiger partial charge is 0.317 e. The lowest BCUT2D eigenvalue weighted by molar-refractivity contribution is 0.0366. The van der Waals surface area contributed by atoms with Gasteiger partial charge in [0.15, 0.2) is 5.03 Å². The molecule has 2 heterocycles. The Bertz CT molecular complexity index is 1310. The number of anilines is 1. The number of benzene rings is 1. The Balaban J connectivity index is 1.59. The Labute approximate surface area is 235 Å². The number of sulfonamides is 1. The van der Waals surface area contributed by atoms with E-state index in [4.69, 9.17) is 4.74 Å². The molecule has 4 rings (SSSR count). The number of hydrogen-bond donors (Lipinski definition) is 3. The van der Waals surface area contributed by atoms with Gasteiger partial charge in [-0.3, -0.25) is 9.52 Å². The predicted octanol–water partition coefficient (Wildman–Crippen LogP) is 2.42. The van der Waals surface area contributed by atoms with Crippen LogP contribution in [0.4, 0.5) is 10.5 Å². The summed E-state index contributed by atoms with van der Waals surface area (Å²) < 4.78 is 36.0. The number of aromatic nitrogens is 2. The first-order chi connectivity index (χ1) is 19.0. The highest BCUT2D eigenvalue weighted by Crippen LogP contribution is 2.31. The van der Waals surface area contributed by atoms with Crippen molar-refractivity contribution in [1.82, 2.24) is 24.7 Å². The summed E-state index contributed by atoms with van der Waals surface area (Å²) in [6, 6.07) is 4.03. The molecule has 1 aromatic heterocycles. The minimum atomic E-state index is -3.98. The van der Waals surface area contributed by atoms with Gasteiger partial charge < -0.3 is 29.5 Å². The second kappa shape index (κ2) is 12.5. The van der Waals surface area contributed by atoms with Crippen molar-refractivity contribution in [3.63, 3.8) is 0 Å². The van der Waals surface area contributed by atoms with Crippen LogP contribution in [0.15, 0.2) is 35.7 Å². The number of ether oxygens (including phenoxy) is 1. The highest BCUT2D eigenvalue weighted by Gasteiger charge is 2.34. The van der Waals surface area contributed by atoms with Gasteiger partial charge in [0, 0.05) is 44.5 Å². The third-order valence-corrected chi connectivity index (χ3v) is 8.87. The molecule has 12 nitrogen and oxygen atoms in total. The predicted molar refractivity (Wildman–Crippen MR) is 150 cm³/mol. The summed E-state index contributed by atoms with van der Waals surface area (Å²) in [4.78, 5) is 33.7. The van der Waals surface area contributed by atoms with Crippen LogP contribution in [0.2, 0.25) is 0 Å². The van der Waals surface area contributed by atoms with Crippen molar-refractivity contribution in [2.24, 2.45) is 13.0 Å². The van der Waals surface area contributed by atoms with Crippen LogP contribution in [0.25, 0.3) is 0 Å². The van der Waals surface area contributed by atoms with Gasteiger partial charge in [0.25, 0.3) is 15.9 Å². The molecule has 0 unspecified atom stereocenters. The van der Waals surface area contributed by atoms with E-state index in [-0.39, 0.29) is 65.6 Å². The van der Waals surface area contributed by atoms with Gasteiger partial charge in [0.05, 0.1) is 31.1 Å². The lowest BCUT2D eigenvalue weighted by atomic mass is 9.96. The first kappa shape index (κ1) is 29.7. The first-order valence-corrected chi connectivity index (χ1v) is 15.2. The molecule has 2 aliphatic rings. The fourth-order valence-electron chi connectivity index (χ4n) is 5.12. The quantitative estimate of drug-likeness (QED) is 0.437. The Morgan fingerprint density at radius 1 is 1.27 bits per heavy atom. The normalized spacial score (nSPS) is 21.0. The average molecular weight is 577 g/mol. The number of likely N-dealkylation sites (N-methyl/N-ethyl adjacent to an activating group) is 1. The van der Waals surface area contributed by atoms with Gasteiger partial charge in [0.1, 0.15) is 11.9 Å². The van der Waals surface area contributed by atoms with E-state index in [1.54, 1.807) is 36.9 Å². The topological polar surface area (TPSA) is 146 Å². The molecule has 0 bridgehead atoms. The maximum Gasteiger partial charge on any atom is 0.317 e. The minimum absolute atomic E-state index is 0.150. The van der Waals surface area contributed by atoms with E-state index in [9.17, 15) is 23.1 Å². The van der Waals surface area contributed by atoms with Crippen LogP contribution >= 0.6 is 0 Å². The van der Waals surface area contributed by atoms with E-state index in [1.807, 2.05) is 6.92 Å². The van der Waals surface area contributed by atoms with Crippen molar-refractivity contribution < 1.29 is 27.9 Å². The van der Waals surface area contributed by atoms with Crippen LogP contribution < -0.4 is 14.8 Å². The number of amides is 3. The summed E-state index contributed by atoms with van der Waals surface area (Å²) in [7, 11) is -0.593. The van der Waals surface area contributed by atoms with Crippen LogP contribution in [-0.4, -0.2) is 89.7 Å². The van der Waals surface area contributed by atoms with E-state index >= 15 is 0 Å². The zero-order valence-electron chi connectivity index (χ0n) is 23.5. The molecule has 1 aliphatic heterocycles. The maximum absolute atomic E-state index is 13.7. The molecule has 0 spiro atoms. The number of fused-ring (bicyclic) bond motifs is 1. The molecular formula is C27H40N6O6S. The minimum Gasteiger partial charge on any atom is -0.487 e. The average Bonchev–Trinajstić information content (AvgIpc) is 3.38. The Hall–Kier alpha value is -3.32. The van der Waals surface area contributed by atoms with Crippen molar-refractivity contribution >= 4 is 27.6 Å². The second-order valence-electron chi connectivity index (χ2n) is 11.0. The van der Waals surface area contributed by atoms with Gasteiger partial charge in [-0.2, -0.15) is 8.42 Å². The Morgan fingerprint density at radius 3 is 2.65 bits per heavy atom. The van der Waals surface area contributed by atoms with E-state index in [2.05, 4.69) is 15.0 Å². The van der Waals surface area contributed by atoms with E-state index in [0.717, 1.165) is 25.7 Å². The lowest BCUT2D eigenvalue weighted by Crippen LogP contribution is -2.52. The second-order valence-corrected chi connectivity index (χ2v) is 12.6. The standard InChI is InChI=1S/C27H40N6O6S/c1-18-13-33(19(2)16-34)26(35)22-12-21(30-40(37,38)25-15-31(3)17-28-25)10-11-23(22)39-24(18)14-32(4)27(36)29-20-8-6-5-7-9-20/h10-12,15,17-20,24,30,34H,5-9,13-14,16H2,1-4H3,(H,29,36)/t18-,19-,24+/m1/s1. The third-order valence-electron chi connectivity index (χ3n) is 7.61. The Morgan fingerprint density at radius 2 is 2.00 bits per heavy atom. The van der Waals surface area contributed by atoms with Crippen LogP contribution in [0.5, 0.6) is 5.75 Å². The molecule has 1 saturated carbocycles. The molecule has 220 valence electrons. The van der Waals surface area contributed by atoms with Crippen molar-refractivity contribution in [3.8, 4) is 5.75 Å². The number of aliphatic hydroxyl groups is 1. The molecule has 0 saturated heterocycles. The van der Waals surface area contributed by atoms with E-state index in [1.165, 1.54) is 35.6 Å². The molecule has 0 radical (unpaired) electrons. The molecule has 1 aromatic carbocycles. The van der Waals surface area contributed by atoms with Crippen molar-refractivity contribution in [3.05, 3.63) is 36.3 Å². The molecule has 3 N–H and O–H groups in total. The van der Waals surface area contributed by atoms with Crippen LogP contribution in [0, 0.1) is 5.92 Å². The summed E-state index contributed by atoms with van der Waals surface area (Å²) >= 11 is 0. The highest BCUT2D eigenvalue weighted by atomic mass is 32.2. The highest BCUT2D eigenvalue weighted by molar-refractivity contribution is 7.92. The summed E-state index contributed by atoms with van der Waals surface area (Å²) in [5.74, 6) is -0.277. The van der Waals surface area contributed by atoms with Crippen LogP contribution in [-0.2, 0) is 17.1 Å². The number of urea groups is 1. The van der Waals surface area contributed by atoms with E-state index < -0.39 is 22.2 Å². The summed E-state index contributed by atoms with van der Waals surface area (Å²) in [5.41, 5.74) is 0.333. The van der Waals surface area contributed by atoms with Gasteiger partial charge in [-0.05, 0) is 38.0 Å². The van der Waals surface area contributed by atoms with Crippen molar-refractivity contribution in [2.45, 2.75) is 69.2 Å². The number of hydrogen-bond acceptors (Lipinski definition) is 7. The monoisotopic (exact) mass is 576 g/mol. The number of nitrogens with one attached hydrogen (secondary N) is 2. The van der Waals surface area contributed by atoms with Crippen molar-refractivity contribution in [2.75, 3.05) is 31.5 Å². The zero-order valence-corrected chi connectivity index (χ0v) is 24.4. The van der Waals surface area contributed by atoms with Gasteiger partial charge in [-0.15, -0.1) is 0 Å². The number of carbonyl (C=O) groups is 2. The molecule has 3 atom stereocenters. The molecule has 3 amide bonds. The third kappa shape index (κ3) is 6.87. The number of rotatable bonds is 8. The summed E-state index contributed by atoms with van der Waals surface area (Å²) in [6.45, 7) is 4.02. The molecule has 2 aromatic rings. The van der Waals surface area contributed by atoms with Gasteiger partial charge in [-0.25, -0.2) is 9.78 Å². The largest absolute Gasteiger partial charge is 0.487 e. The van der Waals surface area contributed by atoms with E-state index in [0.29, 0.717) is 0 Å². The number of aliphatic hydroxyl groups excluding tert-OH is 1. The summed E-state index contributed by atoms with van der Waals surface area (Å²) in [6.07, 6.45) is 7.68. The maximum atomic E-state index is 13.7. The molecule has 1 fully saturated rings. The fraction of sp³-hybridized carbons (Fsp3) is 0.593. The number of imidazole rings is 1. The molecule has 13 heteroatoms. The summed E-state index contributed by atoms with van der Waals surface area (Å²) in [5, 5.41) is 12.9. The number of carbonyl (C=O) groups excluding carboxylic acids is 2. The molecule has 1 aliphatic carbocycles. The van der Waals surface area contributed by atoms with Crippen molar-refractivity contribution in [1.29, 1.82) is 0 Å². The number of nitrogens with zero attached hydrogens (tertiary/aromatic N) is 4. The first-order valence-electron chi connectivity index (χ1n) is 13.7. The van der Waals surface area contributed by atoms with Gasteiger partial charge in [-0.1, -0.05) is 26.2 Å². The SMILES string of the molecule is C[C@@H]1CN([C@H](C)CO)C(=O)c2cc(NS(=O)(=O)c3cn(C)cn3)ccc2O[C@H]1CN(C)C(=O)NC1CCCCC1. The number of aryl methyl sites for hydroxylation is 1. The van der Waals surface area contributed by atoms with Crippen LogP contribution in [0.1, 0.15) is 56.3 Å². The lowest BCUT2D eigenvalue weighted by Gasteiger charge is -2.38. The van der Waals surface area contributed by atoms with Gasteiger partial charge in [0.2, 0.25) is 0 Å². The fourth-order valence-corrected chi connectivity index (χ4v) is 6.16.